The van der Waals surface area contributed by atoms with E-state index in [0.29, 0.717) is 10.9 Å². The van der Waals surface area contributed by atoms with Crippen LogP contribution in [0, 0.1) is 0 Å². The molecule has 0 fully saturated rings. The summed E-state index contributed by atoms with van der Waals surface area (Å²) in [6, 6.07) is 9.90. The minimum atomic E-state index is -0.337. The molecule has 1 N–H and O–H groups in total. The molecule has 0 aliphatic carbocycles. The van der Waals surface area contributed by atoms with Gasteiger partial charge >= 0.3 is 5.56 Å². The van der Waals surface area contributed by atoms with Crippen LogP contribution in [0.2, 0.25) is 0 Å². The molecule has 5 heteroatoms. The zero-order valence-electron chi connectivity index (χ0n) is 9.24. The molecule has 2 aromatic rings. The van der Waals surface area contributed by atoms with Gasteiger partial charge in [0.2, 0.25) is 5.75 Å². The van der Waals surface area contributed by atoms with Crippen LogP contribution in [-0.2, 0) is 6.42 Å². The maximum atomic E-state index is 11.4. The molecule has 0 amide bonds. The molecule has 1 aromatic heterocycles. The number of ether oxygens (including phenoxy) is 1. The standard InChI is InChI=1S/C12H11BrN2O2/c1-17-11-10(13)9(14-15-12(11)16)7-8-5-3-2-4-6-8/h2-6H,7H2,1H3,(H,15,16). The van der Waals surface area contributed by atoms with Gasteiger partial charge in [-0.05, 0) is 21.5 Å². The van der Waals surface area contributed by atoms with E-state index in [-0.39, 0.29) is 11.3 Å². The van der Waals surface area contributed by atoms with E-state index in [1.165, 1.54) is 7.11 Å². The van der Waals surface area contributed by atoms with Crippen LogP contribution in [0.15, 0.2) is 39.6 Å². The predicted molar refractivity (Wildman–Crippen MR) is 68.4 cm³/mol. The van der Waals surface area contributed by atoms with Crippen molar-refractivity contribution in [1.29, 1.82) is 0 Å². The molecule has 1 aromatic carbocycles. The van der Waals surface area contributed by atoms with Gasteiger partial charge in [-0.25, -0.2) is 5.10 Å². The normalized spacial score (nSPS) is 10.2. The van der Waals surface area contributed by atoms with Gasteiger partial charge in [-0.15, -0.1) is 0 Å². The van der Waals surface area contributed by atoms with E-state index < -0.39 is 0 Å². The molecule has 0 aliphatic rings. The van der Waals surface area contributed by atoms with Crippen molar-refractivity contribution in [3.63, 3.8) is 0 Å². The Bertz CT molecular complexity index is 566. The fraction of sp³-hybridized carbons (Fsp3) is 0.167. The second-order valence-electron chi connectivity index (χ2n) is 3.51. The zero-order valence-corrected chi connectivity index (χ0v) is 10.8. The summed E-state index contributed by atoms with van der Waals surface area (Å²) in [4.78, 5) is 11.4. The highest BCUT2D eigenvalue weighted by Gasteiger charge is 2.12. The number of aromatic nitrogens is 2. The number of aromatic amines is 1. The fourth-order valence-electron chi connectivity index (χ4n) is 1.54. The number of nitrogens with zero attached hydrogens (tertiary/aromatic N) is 1. The third kappa shape index (κ3) is 2.55. The SMILES string of the molecule is COc1c(Br)c(Cc2ccccc2)n[nH]c1=O. The van der Waals surface area contributed by atoms with Crippen molar-refractivity contribution in [2.75, 3.05) is 7.11 Å². The Labute approximate surface area is 107 Å². The summed E-state index contributed by atoms with van der Waals surface area (Å²) in [5.74, 6) is 0.255. The van der Waals surface area contributed by atoms with Gasteiger partial charge in [0.05, 0.1) is 17.3 Å². The Hall–Kier alpha value is -1.62. The molecule has 0 saturated carbocycles. The lowest BCUT2D eigenvalue weighted by atomic mass is 10.1. The Balaban J connectivity index is 2.38. The number of benzene rings is 1. The molecular formula is C12H11BrN2O2. The Morgan fingerprint density at radius 2 is 2.06 bits per heavy atom. The molecule has 4 nitrogen and oxygen atoms in total. The second kappa shape index (κ2) is 5.14. The van der Waals surface area contributed by atoms with Crippen LogP contribution in [0.4, 0.5) is 0 Å². The number of nitrogens with one attached hydrogen (secondary N) is 1. The molecule has 88 valence electrons. The highest BCUT2D eigenvalue weighted by molar-refractivity contribution is 9.10. The van der Waals surface area contributed by atoms with Crippen LogP contribution < -0.4 is 10.3 Å². The Kier molecular flexibility index (Phi) is 3.58. The number of hydrogen-bond donors (Lipinski definition) is 1. The average molecular weight is 295 g/mol. The van der Waals surface area contributed by atoms with Gasteiger partial charge in [-0.2, -0.15) is 5.10 Å². The number of hydrogen-bond acceptors (Lipinski definition) is 3. The first-order valence-corrected chi connectivity index (χ1v) is 5.86. The monoisotopic (exact) mass is 294 g/mol. The summed E-state index contributed by atoms with van der Waals surface area (Å²) in [7, 11) is 1.46. The summed E-state index contributed by atoms with van der Waals surface area (Å²) in [6.07, 6.45) is 0.633. The van der Waals surface area contributed by atoms with Crippen molar-refractivity contribution in [3.8, 4) is 5.75 Å². The summed E-state index contributed by atoms with van der Waals surface area (Å²) in [5.41, 5.74) is 1.53. The molecule has 17 heavy (non-hydrogen) atoms. The molecule has 0 spiro atoms. The van der Waals surface area contributed by atoms with Crippen molar-refractivity contribution in [2.24, 2.45) is 0 Å². The maximum Gasteiger partial charge on any atom is 0.307 e. The smallest absolute Gasteiger partial charge is 0.307 e. The third-order valence-electron chi connectivity index (χ3n) is 2.37. The molecule has 0 unspecified atom stereocenters. The van der Waals surface area contributed by atoms with Crippen LogP contribution in [0.5, 0.6) is 5.75 Å². The lowest BCUT2D eigenvalue weighted by Gasteiger charge is -2.06. The Morgan fingerprint density at radius 3 is 2.71 bits per heavy atom. The van der Waals surface area contributed by atoms with Crippen molar-refractivity contribution in [3.05, 3.63) is 56.4 Å². The first-order valence-electron chi connectivity index (χ1n) is 5.07. The van der Waals surface area contributed by atoms with E-state index in [2.05, 4.69) is 26.1 Å². The van der Waals surface area contributed by atoms with E-state index in [1.54, 1.807) is 0 Å². The first-order chi connectivity index (χ1) is 8.22. The van der Waals surface area contributed by atoms with Crippen molar-refractivity contribution < 1.29 is 4.74 Å². The van der Waals surface area contributed by atoms with Gasteiger partial charge < -0.3 is 4.74 Å². The molecule has 0 atom stereocenters. The molecule has 0 aliphatic heterocycles. The fourth-order valence-corrected chi connectivity index (χ4v) is 2.11. The summed E-state index contributed by atoms with van der Waals surface area (Å²) in [6.45, 7) is 0. The maximum absolute atomic E-state index is 11.4. The van der Waals surface area contributed by atoms with Crippen LogP contribution in [-0.4, -0.2) is 17.3 Å². The summed E-state index contributed by atoms with van der Waals surface area (Å²) in [5, 5.41) is 6.44. The van der Waals surface area contributed by atoms with Crippen LogP contribution in [0.1, 0.15) is 11.3 Å². The van der Waals surface area contributed by atoms with E-state index in [1.807, 2.05) is 30.3 Å². The van der Waals surface area contributed by atoms with Gasteiger partial charge in [0.25, 0.3) is 0 Å². The number of H-pyrrole nitrogens is 1. The van der Waals surface area contributed by atoms with E-state index in [0.717, 1.165) is 11.3 Å². The minimum Gasteiger partial charge on any atom is -0.490 e. The van der Waals surface area contributed by atoms with Gasteiger partial charge in [0, 0.05) is 6.42 Å². The quantitative estimate of drug-likeness (QED) is 0.943. The summed E-state index contributed by atoms with van der Waals surface area (Å²) >= 11 is 3.34. The van der Waals surface area contributed by atoms with E-state index in [4.69, 9.17) is 4.74 Å². The Morgan fingerprint density at radius 1 is 1.35 bits per heavy atom. The van der Waals surface area contributed by atoms with E-state index >= 15 is 0 Å². The number of rotatable bonds is 3. The predicted octanol–water partition coefficient (Wildman–Crippen LogP) is 2.13. The van der Waals surface area contributed by atoms with Gasteiger partial charge in [0.15, 0.2) is 0 Å². The number of methoxy groups -OCH3 is 1. The van der Waals surface area contributed by atoms with Gasteiger partial charge in [-0.3, -0.25) is 4.79 Å². The lowest BCUT2D eigenvalue weighted by Crippen LogP contribution is -2.14. The largest absolute Gasteiger partial charge is 0.490 e. The van der Waals surface area contributed by atoms with E-state index in [9.17, 15) is 4.79 Å². The lowest BCUT2D eigenvalue weighted by molar-refractivity contribution is 0.402. The highest BCUT2D eigenvalue weighted by Crippen LogP contribution is 2.24. The molecular weight excluding hydrogens is 284 g/mol. The first kappa shape index (κ1) is 11.9. The third-order valence-corrected chi connectivity index (χ3v) is 3.19. The van der Waals surface area contributed by atoms with Gasteiger partial charge in [-0.1, -0.05) is 30.3 Å². The zero-order chi connectivity index (χ0) is 12.3. The van der Waals surface area contributed by atoms with Crippen molar-refractivity contribution >= 4 is 15.9 Å². The molecule has 0 saturated heterocycles. The average Bonchev–Trinajstić information content (AvgIpc) is 2.35. The second-order valence-corrected chi connectivity index (χ2v) is 4.30. The van der Waals surface area contributed by atoms with Gasteiger partial charge in [0.1, 0.15) is 0 Å². The molecule has 0 bridgehead atoms. The topological polar surface area (TPSA) is 55.0 Å². The highest BCUT2D eigenvalue weighted by atomic mass is 79.9. The number of halogens is 1. The van der Waals surface area contributed by atoms with Crippen molar-refractivity contribution in [1.82, 2.24) is 10.2 Å². The minimum absolute atomic E-state index is 0.255. The molecule has 0 radical (unpaired) electrons. The van der Waals surface area contributed by atoms with Crippen LogP contribution in [0.25, 0.3) is 0 Å². The molecule has 1 heterocycles. The van der Waals surface area contributed by atoms with Crippen LogP contribution in [0.3, 0.4) is 0 Å². The molecule has 2 rings (SSSR count). The van der Waals surface area contributed by atoms with Crippen molar-refractivity contribution in [2.45, 2.75) is 6.42 Å². The summed E-state index contributed by atoms with van der Waals surface area (Å²) < 4.78 is 5.63. The van der Waals surface area contributed by atoms with Crippen LogP contribution >= 0.6 is 15.9 Å².